The van der Waals surface area contributed by atoms with E-state index in [0.29, 0.717) is 30.1 Å². The Hall–Kier alpha value is -4.30. The van der Waals surface area contributed by atoms with Crippen molar-refractivity contribution >= 4 is 22.5 Å². The molecule has 8 nitrogen and oxygen atoms in total. The van der Waals surface area contributed by atoms with E-state index in [4.69, 9.17) is 18.9 Å². The molecule has 0 saturated heterocycles. The van der Waals surface area contributed by atoms with Crippen LogP contribution in [0.25, 0.3) is 10.9 Å². The van der Waals surface area contributed by atoms with Crippen LogP contribution in [0, 0.1) is 0 Å². The Morgan fingerprint density at radius 3 is 2.48 bits per heavy atom. The summed E-state index contributed by atoms with van der Waals surface area (Å²) in [5.41, 5.74) is 4.17. The predicted octanol–water partition coefficient (Wildman–Crippen LogP) is 6.00. The van der Waals surface area contributed by atoms with Crippen molar-refractivity contribution < 1.29 is 23.7 Å². The number of methoxy groups -OCH3 is 4. The van der Waals surface area contributed by atoms with Crippen molar-refractivity contribution in [1.29, 1.82) is 0 Å². The minimum absolute atomic E-state index is 0.000691. The van der Waals surface area contributed by atoms with Gasteiger partial charge in [-0.3, -0.25) is 9.78 Å². The fourth-order valence-electron chi connectivity index (χ4n) is 6.19. The van der Waals surface area contributed by atoms with Crippen molar-refractivity contribution in [2.24, 2.45) is 0 Å². The fourth-order valence-corrected chi connectivity index (χ4v) is 6.19. The Labute approximate surface area is 247 Å². The molecule has 3 aromatic carbocycles. The van der Waals surface area contributed by atoms with E-state index in [9.17, 15) is 4.79 Å². The first-order chi connectivity index (χ1) is 20.4. The van der Waals surface area contributed by atoms with Crippen molar-refractivity contribution in [2.75, 3.05) is 47.3 Å². The Bertz CT molecular complexity index is 1570. The summed E-state index contributed by atoms with van der Waals surface area (Å²) in [7, 11) is 8.68. The lowest BCUT2D eigenvalue weighted by molar-refractivity contribution is -0.121. The smallest absolute Gasteiger partial charge is 0.235 e. The molecule has 1 aromatic heterocycles. The second-order valence-electron chi connectivity index (χ2n) is 10.8. The number of hydrogen-bond donors (Lipinski definition) is 1. The molecule has 0 aliphatic heterocycles. The van der Waals surface area contributed by atoms with Gasteiger partial charge in [0.25, 0.3) is 0 Å². The SMILES string of the molecule is COc1ccc(CN(C)CCCC2(C(=O)Nc3ccc4ncccc4c3)CCc3c2ccc(OC)c3OC)cc1OC. The summed E-state index contributed by atoms with van der Waals surface area (Å²) in [5, 5.41) is 4.23. The first-order valence-corrected chi connectivity index (χ1v) is 14.2. The molecule has 0 saturated carbocycles. The van der Waals surface area contributed by atoms with Crippen LogP contribution in [0.1, 0.15) is 36.0 Å². The van der Waals surface area contributed by atoms with E-state index >= 15 is 0 Å². The highest BCUT2D eigenvalue weighted by Gasteiger charge is 2.46. The van der Waals surface area contributed by atoms with Gasteiger partial charge in [0.05, 0.1) is 39.4 Å². The summed E-state index contributed by atoms with van der Waals surface area (Å²) >= 11 is 0. The number of anilines is 1. The molecule has 1 N–H and O–H groups in total. The van der Waals surface area contributed by atoms with Crippen LogP contribution in [0.3, 0.4) is 0 Å². The monoisotopic (exact) mass is 569 g/mol. The Balaban J connectivity index is 1.37. The molecular formula is C34H39N3O5. The highest BCUT2D eigenvalue weighted by Crippen LogP contribution is 2.49. The standard InChI is InChI=1S/C34H39N3O5/c1-37(22-23-9-13-29(39-2)31(20-23)41-4)19-7-16-34(17-15-26-27(34)11-14-30(40-3)32(26)42-5)33(38)36-25-10-12-28-24(21-25)8-6-18-35-28/h6,8-14,18,20-21H,7,15-17,19,22H2,1-5H3,(H,36,38). The molecule has 42 heavy (non-hydrogen) atoms. The minimum Gasteiger partial charge on any atom is -0.493 e. The average molecular weight is 570 g/mol. The van der Waals surface area contributed by atoms with E-state index in [0.717, 1.165) is 65.0 Å². The number of fused-ring (bicyclic) bond motifs is 2. The van der Waals surface area contributed by atoms with Crippen LogP contribution < -0.4 is 24.3 Å². The van der Waals surface area contributed by atoms with E-state index in [1.54, 1.807) is 34.6 Å². The van der Waals surface area contributed by atoms with Gasteiger partial charge in [-0.25, -0.2) is 0 Å². The molecule has 220 valence electrons. The number of carbonyl (C=O) groups excluding carboxylic acids is 1. The maximum atomic E-state index is 14.2. The number of nitrogens with zero attached hydrogens (tertiary/aromatic N) is 2. The number of amides is 1. The lowest BCUT2D eigenvalue weighted by Gasteiger charge is -2.30. The first-order valence-electron chi connectivity index (χ1n) is 14.2. The van der Waals surface area contributed by atoms with E-state index in [1.807, 2.05) is 54.6 Å². The predicted molar refractivity (Wildman–Crippen MR) is 165 cm³/mol. The number of aromatic nitrogens is 1. The van der Waals surface area contributed by atoms with Crippen molar-refractivity contribution in [3.63, 3.8) is 0 Å². The second kappa shape index (κ2) is 12.7. The van der Waals surface area contributed by atoms with Gasteiger partial charge in [0.1, 0.15) is 0 Å². The van der Waals surface area contributed by atoms with Crippen LogP contribution in [-0.2, 0) is 23.2 Å². The van der Waals surface area contributed by atoms with Gasteiger partial charge >= 0.3 is 0 Å². The molecule has 1 aliphatic carbocycles. The van der Waals surface area contributed by atoms with Crippen molar-refractivity contribution in [3.05, 3.63) is 83.6 Å². The van der Waals surface area contributed by atoms with Gasteiger partial charge in [0.15, 0.2) is 23.0 Å². The van der Waals surface area contributed by atoms with Gasteiger partial charge < -0.3 is 29.2 Å². The van der Waals surface area contributed by atoms with Crippen LogP contribution >= 0.6 is 0 Å². The van der Waals surface area contributed by atoms with Crippen molar-refractivity contribution in [2.45, 2.75) is 37.6 Å². The number of rotatable bonds is 12. The number of ether oxygens (including phenoxy) is 4. The largest absolute Gasteiger partial charge is 0.493 e. The third kappa shape index (κ3) is 5.72. The molecule has 4 aromatic rings. The minimum atomic E-state index is -0.692. The maximum Gasteiger partial charge on any atom is 0.235 e. The fraction of sp³-hybridized carbons (Fsp3) is 0.353. The number of carbonyl (C=O) groups is 1. The molecule has 0 bridgehead atoms. The summed E-state index contributed by atoms with van der Waals surface area (Å²) in [6.45, 7) is 1.58. The van der Waals surface area contributed by atoms with Gasteiger partial charge in [0.2, 0.25) is 5.91 Å². The van der Waals surface area contributed by atoms with E-state index in [-0.39, 0.29) is 5.91 Å². The molecule has 1 heterocycles. The Morgan fingerprint density at radius 2 is 1.71 bits per heavy atom. The van der Waals surface area contributed by atoms with Crippen LogP contribution in [0.4, 0.5) is 5.69 Å². The zero-order valence-electron chi connectivity index (χ0n) is 25.0. The molecule has 1 aliphatic rings. The third-order valence-electron chi connectivity index (χ3n) is 8.31. The van der Waals surface area contributed by atoms with Gasteiger partial charge in [-0.15, -0.1) is 0 Å². The number of nitrogens with one attached hydrogen (secondary N) is 1. The highest BCUT2D eigenvalue weighted by atomic mass is 16.5. The summed E-state index contributed by atoms with van der Waals surface area (Å²) in [4.78, 5) is 20.9. The third-order valence-corrected chi connectivity index (χ3v) is 8.31. The molecular weight excluding hydrogens is 530 g/mol. The van der Waals surface area contributed by atoms with Crippen molar-refractivity contribution in [3.8, 4) is 23.0 Å². The van der Waals surface area contributed by atoms with Gasteiger partial charge in [-0.1, -0.05) is 18.2 Å². The first kappa shape index (κ1) is 29.2. The molecule has 0 fully saturated rings. The van der Waals surface area contributed by atoms with Gasteiger partial charge in [-0.05, 0) is 92.9 Å². The zero-order chi connectivity index (χ0) is 29.7. The van der Waals surface area contributed by atoms with Crippen LogP contribution in [0.5, 0.6) is 23.0 Å². The summed E-state index contributed by atoms with van der Waals surface area (Å²) in [6.07, 6.45) is 4.76. The normalized spacial score (nSPS) is 15.9. The van der Waals surface area contributed by atoms with Crippen LogP contribution in [-0.4, -0.2) is 57.8 Å². The van der Waals surface area contributed by atoms with Crippen molar-refractivity contribution in [1.82, 2.24) is 9.88 Å². The van der Waals surface area contributed by atoms with E-state index in [1.165, 1.54) is 0 Å². The number of hydrogen-bond acceptors (Lipinski definition) is 7. The molecule has 1 unspecified atom stereocenters. The average Bonchev–Trinajstić information content (AvgIpc) is 3.40. The quantitative estimate of drug-likeness (QED) is 0.224. The van der Waals surface area contributed by atoms with Crippen LogP contribution in [0.2, 0.25) is 0 Å². The molecule has 5 rings (SSSR count). The molecule has 0 spiro atoms. The molecule has 0 radical (unpaired) electrons. The van der Waals surface area contributed by atoms with Crippen LogP contribution in [0.15, 0.2) is 66.9 Å². The highest BCUT2D eigenvalue weighted by molar-refractivity contribution is 6.01. The van der Waals surface area contributed by atoms with E-state index in [2.05, 4.69) is 28.3 Å². The lowest BCUT2D eigenvalue weighted by atomic mass is 9.76. The molecule has 1 amide bonds. The molecule has 1 atom stereocenters. The lowest BCUT2D eigenvalue weighted by Crippen LogP contribution is -2.39. The summed E-state index contributed by atoms with van der Waals surface area (Å²) < 4.78 is 22.2. The Morgan fingerprint density at radius 1 is 0.929 bits per heavy atom. The number of benzene rings is 3. The van der Waals surface area contributed by atoms with E-state index < -0.39 is 5.41 Å². The zero-order valence-corrected chi connectivity index (χ0v) is 25.0. The second-order valence-corrected chi connectivity index (χ2v) is 10.8. The van der Waals surface area contributed by atoms with Gasteiger partial charge in [-0.2, -0.15) is 0 Å². The molecule has 8 heteroatoms. The maximum absolute atomic E-state index is 14.2. The number of pyridine rings is 1. The Kier molecular flexibility index (Phi) is 8.83. The summed E-state index contributed by atoms with van der Waals surface area (Å²) in [6, 6.07) is 19.7. The summed E-state index contributed by atoms with van der Waals surface area (Å²) in [5.74, 6) is 2.83. The topological polar surface area (TPSA) is 82.2 Å². The van der Waals surface area contributed by atoms with Gasteiger partial charge in [0, 0.05) is 29.4 Å².